The van der Waals surface area contributed by atoms with Gasteiger partial charge in [0.15, 0.2) is 5.96 Å². The van der Waals surface area contributed by atoms with Crippen molar-refractivity contribution in [3.05, 3.63) is 29.8 Å². The van der Waals surface area contributed by atoms with Crippen LogP contribution in [0.1, 0.15) is 12.0 Å². The van der Waals surface area contributed by atoms with Crippen LogP contribution in [0.15, 0.2) is 29.3 Å². The Morgan fingerprint density at radius 1 is 1.18 bits per heavy atom. The number of carbonyl (C=O) groups excluding carboxylic acids is 1. The smallest absolute Gasteiger partial charge is 0.238 e. The summed E-state index contributed by atoms with van der Waals surface area (Å²) in [5.74, 6) is 0.731. The highest BCUT2D eigenvalue weighted by atomic mass is 16.5. The highest BCUT2D eigenvalue weighted by Gasteiger charge is 2.05. The largest absolute Gasteiger partial charge is 0.385 e. The molecule has 0 aliphatic rings. The number of aliphatic imine (C=N–C) groups is 1. The van der Waals surface area contributed by atoms with E-state index in [1.807, 2.05) is 43.3 Å². The Labute approximate surface area is 169 Å². The van der Waals surface area contributed by atoms with Crippen LogP contribution in [0.4, 0.5) is 5.69 Å². The molecule has 0 saturated heterocycles. The SMILES string of the molecule is CN=C(NCCN(C)CCCOC)NCc1cccc(NC(=O)CN(C)C)c1. The molecule has 0 heterocycles. The normalized spacial score (nSPS) is 11.8. The number of carbonyl (C=O) groups is 1. The summed E-state index contributed by atoms with van der Waals surface area (Å²) in [6.07, 6.45) is 1.03. The van der Waals surface area contributed by atoms with Crippen molar-refractivity contribution < 1.29 is 9.53 Å². The number of nitrogens with one attached hydrogen (secondary N) is 3. The van der Waals surface area contributed by atoms with E-state index in [2.05, 4.69) is 32.9 Å². The fourth-order valence-electron chi connectivity index (χ4n) is 2.61. The summed E-state index contributed by atoms with van der Waals surface area (Å²) in [7, 11) is 9.33. The van der Waals surface area contributed by atoms with Crippen molar-refractivity contribution in [2.75, 3.05) is 73.4 Å². The Morgan fingerprint density at radius 2 is 1.96 bits per heavy atom. The number of rotatable bonds is 12. The lowest BCUT2D eigenvalue weighted by atomic mass is 10.2. The number of amides is 1. The number of methoxy groups -OCH3 is 1. The van der Waals surface area contributed by atoms with Crippen LogP contribution >= 0.6 is 0 Å². The van der Waals surface area contributed by atoms with E-state index in [4.69, 9.17) is 4.74 Å². The Balaban J connectivity index is 2.38. The summed E-state index contributed by atoms with van der Waals surface area (Å²) in [5.41, 5.74) is 1.87. The topological polar surface area (TPSA) is 81.2 Å². The zero-order chi connectivity index (χ0) is 20.8. The minimum atomic E-state index is -0.0257. The molecule has 0 unspecified atom stereocenters. The van der Waals surface area contributed by atoms with Gasteiger partial charge in [0, 0.05) is 52.6 Å². The van der Waals surface area contributed by atoms with E-state index < -0.39 is 0 Å². The molecule has 0 saturated carbocycles. The van der Waals surface area contributed by atoms with Gasteiger partial charge in [-0.25, -0.2) is 0 Å². The maximum absolute atomic E-state index is 11.9. The fraction of sp³-hybridized carbons (Fsp3) is 0.600. The molecule has 0 aliphatic heterocycles. The van der Waals surface area contributed by atoms with E-state index in [1.54, 1.807) is 14.2 Å². The third-order valence-corrected chi connectivity index (χ3v) is 4.03. The van der Waals surface area contributed by atoms with Crippen LogP contribution in [0.3, 0.4) is 0 Å². The van der Waals surface area contributed by atoms with Crippen molar-refractivity contribution in [3.63, 3.8) is 0 Å². The third kappa shape index (κ3) is 10.9. The average Bonchev–Trinajstić information content (AvgIpc) is 2.64. The molecule has 1 rings (SSSR count). The van der Waals surface area contributed by atoms with Gasteiger partial charge >= 0.3 is 0 Å². The molecule has 8 heteroatoms. The monoisotopic (exact) mass is 392 g/mol. The Bertz CT molecular complexity index is 606. The van der Waals surface area contributed by atoms with Gasteiger partial charge in [0.2, 0.25) is 5.91 Å². The number of ether oxygens (including phenoxy) is 1. The molecule has 0 aromatic heterocycles. The number of anilines is 1. The van der Waals surface area contributed by atoms with Crippen LogP contribution < -0.4 is 16.0 Å². The second-order valence-corrected chi connectivity index (χ2v) is 6.99. The van der Waals surface area contributed by atoms with Gasteiger partial charge in [-0.05, 0) is 45.3 Å². The van der Waals surface area contributed by atoms with Crippen molar-refractivity contribution in [2.24, 2.45) is 4.99 Å². The highest BCUT2D eigenvalue weighted by molar-refractivity contribution is 5.92. The van der Waals surface area contributed by atoms with Gasteiger partial charge in [-0.2, -0.15) is 0 Å². The second-order valence-electron chi connectivity index (χ2n) is 6.99. The zero-order valence-corrected chi connectivity index (χ0v) is 17.9. The van der Waals surface area contributed by atoms with Crippen molar-refractivity contribution in [1.82, 2.24) is 20.4 Å². The Kier molecular flexibility index (Phi) is 11.9. The van der Waals surface area contributed by atoms with Crippen molar-refractivity contribution in [1.29, 1.82) is 0 Å². The molecule has 3 N–H and O–H groups in total. The van der Waals surface area contributed by atoms with E-state index >= 15 is 0 Å². The summed E-state index contributed by atoms with van der Waals surface area (Å²) >= 11 is 0. The molecule has 8 nitrogen and oxygen atoms in total. The maximum Gasteiger partial charge on any atom is 0.238 e. The number of nitrogens with zero attached hydrogens (tertiary/aromatic N) is 3. The van der Waals surface area contributed by atoms with Crippen LogP contribution in [-0.2, 0) is 16.1 Å². The number of hydrogen-bond acceptors (Lipinski definition) is 5. The quantitative estimate of drug-likeness (QED) is 0.278. The van der Waals surface area contributed by atoms with E-state index in [0.29, 0.717) is 13.1 Å². The number of benzene rings is 1. The van der Waals surface area contributed by atoms with Gasteiger partial charge in [-0.15, -0.1) is 0 Å². The van der Waals surface area contributed by atoms with E-state index in [-0.39, 0.29) is 5.91 Å². The van der Waals surface area contributed by atoms with Gasteiger partial charge in [0.25, 0.3) is 0 Å². The summed E-state index contributed by atoms with van der Waals surface area (Å²) in [6, 6.07) is 7.82. The van der Waals surface area contributed by atoms with E-state index in [0.717, 1.165) is 49.9 Å². The van der Waals surface area contributed by atoms with Crippen LogP contribution in [0.25, 0.3) is 0 Å². The minimum Gasteiger partial charge on any atom is -0.385 e. The van der Waals surface area contributed by atoms with Crippen LogP contribution in [0, 0.1) is 0 Å². The van der Waals surface area contributed by atoms with Gasteiger partial charge in [0.05, 0.1) is 6.54 Å². The Hall–Kier alpha value is -2.16. The summed E-state index contributed by atoms with van der Waals surface area (Å²) in [4.78, 5) is 20.3. The molecule has 28 heavy (non-hydrogen) atoms. The Morgan fingerprint density at radius 3 is 2.64 bits per heavy atom. The first-order valence-corrected chi connectivity index (χ1v) is 9.60. The van der Waals surface area contributed by atoms with E-state index in [1.165, 1.54) is 0 Å². The van der Waals surface area contributed by atoms with Crippen molar-refractivity contribution in [2.45, 2.75) is 13.0 Å². The molecular weight excluding hydrogens is 356 g/mol. The standard InChI is InChI=1S/C20H36N6O2/c1-21-20(22-10-12-26(4)11-7-13-28-5)23-15-17-8-6-9-18(14-17)24-19(27)16-25(2)3/h6,8-9,14H,7,10-13,15-16H2,1-5H3,(H,24,27)(H2,21,22,23). The first-order chi connectivity index (χ1) is 13.4. The van der Waals surface area contributed by atoms with Crippen LogP contribution in [-0.4, -0.2) is 89.8 Å². The average molecular weight is 393 g/mol. The minimum absolute atomic E-state index is 0.0257. The fourth-order valence-corrected chi connectivity index (χ4v) is 2.61. The molecule has 0 radical (unpaired) electrons. The van der Waals surface area contributed by atoms with Gasteiger partial charge in [0.1, 0.15) is 0 Å². The zero-order valence-electron chi connectivity index (χ0n) is 17.9. The molecule has 0 spiro atoms. The number of likely N-dealkylation sites (N-methyl/N-ethyl adjacent to an activating group) is 2. The summed E-state index contributed by atoms with van der Waals surface area (Å²) in [5, 5.41) is 9.54. The first-order valence-electron chi connectivity index (χ1n) is 9.60. The molecule has 0 bridgehead atoms. The molecule has 158 valence electrons. The molecule has 0 aliphatic carbocycles. The third-order valence-electron chi connectivity index (χ3n) is 4.03. The highest BCUT2D eigenvalue weighted by Crippen LogP contribution is 2.10. The van der Waals surface area contributed by atoms with E-state index in [9.17, 15) is 4.79 Å². The lowest BCUT2D eigenvalue weighted by Crippen LogP contribution is -2.40. The molecule has 0 atom stereocenters. The molecular formula is C20H36N6O2. The molecule has 1 aromatic rings. The van der Waals surface area contributed by atoms with Gasteiger partial charge in [-0.1, -0.05) is 12.1 Å². The van der Waals surface area contributed by atoms with Crippen molar-refractivity contribution >= 4 is 17.6 Å². The van der Waals surface area contributed by atoms with Crippen molar-refractivity contribution in [3.8, 4) is 0 Å². The number of guanidine groups is 1. The van der Waals surface area contributed by atoms with Gasteiger partial charge in [-0.3, -0.25) is 9.79 Å². The lowest BCUT2D eigenvalue weighted by molar-refractivity contribution is -0.116. The lowest BCUT2D eigenvalue weighted by Gasteiger charge is -2.18. The maximum atomic E-state index is 11.9. The van der Waals surface area contributed by atoms with Crippen LogP contribution in [0.2, 0.25) is 0 Å². The first kappa shape index (κ1) is 23.9. The molecule has 1 aromatic carbocycles. The predicted octanol–water partition coefficient (Wildman–Crippen LogP) is 0.820. The van der Waals surface area contributed by atoms with Gasteiger partial charge < -0.3 is 30.5 Å². The predicted molar refractivity (Wildman–Crippen MR) is 116 cm³/mol. The summed E-state index contributed by atoms with van der Waals surface area (Å²) in [6.45, 7) is 4.52. The summed E-state index contributed by atoms with van der Waals surface area (Å²) < 4.78 is 5.08. The number of hydrogen-bond donors (Lipinski definition) is 3. The van der Waals surface area contributed by atoms with Crippen LogP contribution in [0.5, 0.6) is 0 Å². The molecule has 1 amide bonds. The second kappa shape index (κ2) is 13.9. The molecule has 0 fully saturated rings.